The van der Waals surface area contributed by atoms with Gasteiger partial charge in [-0.25, -0.2) is 0 Å². The zero-order valence-electron chi connectivity index (χ0n) is 6.74. The predicted octanol–water partition coefficient (Wildman–Crippen LogP) is 3.69. The molecule has 0 fully saturated rings. The molecule has 0 amide bonds. The van der Waals surface area contributed by atoms with Gasteiger partial charge in [-0.2, -0.15) is 11.8 Å². The Hall–Kier alpha value is 0.830. The van der Waals surface area contributed by atoms with E-state index >= 15 is 0 Å². The zero-order chi connectivity index (χ0) is 7.66. The molecule has 0 aromatic carbocycles. The first-order chi connectivity index (χ1) is 4.91. The molecule has 0 aliphatic rings. The molecule has 0 saturated heterocycles. The van der Waals surface area contributed by atoms with Crippen molar-refractivity contribution in [2.45, 2.75) is 32.6 Å². The van der Waals surface area contributed by atoms with E-state index in [0.717, 1.165) is 0 Å². The van der Waals surface area contributed by atoms with Gasteiger partial charge in [0.05, 0.1) is 0 Å². The molecule has 0 rings (SSSR count). The molecule has 2 heteroatoms. The molecule has 10 heavy (non-hydrogen) atoms. The van der Waals surface area contributed by atoms with Crippen molar-refractivity contribution >= 4 is 27.7 Å². The van der Waals surface area contributed by atoms with Crippen LogP contribution in [0.2, 0.25) is 0 Å². The summed E-state index contributed by atoms with van der Waals surface area (Å²) < 4.78 is 0. The van der Waals surface area contributed by atoms with Crippen LogP contribution in [0.4, 0.5) is 0 Å². The Morgan fingerprint density at radius 1 is 1.10 bits per heavy atom. The van der Waals surface area contributed by atoms with Gasteiger partial charge >= 0.3 is 0 Å². The van der Waals surface area contributed by atoms with Gasteiger partial charge in [0.25, 0.3) is 0 Å². The lowest BCUT2D eigenvalue weighted by Gasteiger charge is -1.97. The molecular formula is C8H17BrS. The summed E-state index contributed by atoms with van der Waals surface area (Å²) in [4.78, 5) is 0. The Balaban J connectivity index is 2.65. The SMILES string of the molecule is CCSCCCCCCBr. The van der Waals surface area contributed by atoms with E-state index < -0.39 is 0 Å². The smallest absolute Gasteiger partial charge is 0.00313 e. The second-order valence-corrected chi connectivity index (χ2v) is 4.49. The number of alkyl halides is 1. The summed E-state index contributed by atoms with van der Waals surface area (Å²) in [6.45, 7) is 2.23. The van der Waals surface area contributed by atoms with E-state index in [1.165, 1.54) is 42.5 Å². The van der Waals surface area contributed by atoms with Gasteiger partial charge in [-0.1, -0.05) is 35.7 Å². The van der Waals surface area contributed by atoms with Crippen molar-refractivity contribution in [2.75, 3.05) is 16.8 Å². The van der Waals surface area contributed by atoms with Gasteiger partial charge in [-0.3, -0.25) is 0 Å². The number of thioether (sulfide) groups is 1. The minimum atomic E-state index is 1.17. The summed E-state index contributed by atoms with van der Waals surface area (Å²) in [6.07, 6.45) is 5.57. The molecule has 0 unspecified atom stereocenters. The molecule has 0 heterocycles. The maximum absolute atomic E-state index is 3.43. The van der Waals surface area contributed by atoms with Crippen molar-refractivity contribution in [2.24, 2.45) is 0 Å². The van der Waals surface area contributed by atoms with Crippen LogP contribution in [0, 0.1) is 0 Å². The molecule has 0 saturated carbocycles. The fourth-order valence-electron chi connectivity index (χ4n) is 0.797. The van der Waals surface area contributed by atoms with E-state index in [4.69, 9.17) is 0 Å². The molecule has 0 N–H and O–H groups in total. The van der Waals surface area contributed by atoms with Crippen molar-refractivity contribution in [1.82, 2.24) is 0 Å². The van der Waals surface area contributed by atoms with Gasteiger partial charge in [0, 0.05) is 5.33 Å². The van der Waals surface area contributed by atoms with Crippen LogP contribution in [0.3, 0.4) is 0 Å². The van der Waals surface area contributed by atoms with Crippen LogP contribution < -0.4 is 0 Å². The first-order valence-corrected chi connectivity index (χ1v) is 6.33. The van der Waals surface area contributed by atoms with Gasteiger partial charge in [-0.05, 0) is 24.3 Å². The molecule has 0 bridgehead atoms. The second-order valence-electron chi connectivity index (χ2n) is 2.30. The van der Waals surface area contributed by atoms with Crippen LogP contribution in [-0.2, 0) is 0 Å². The van der Waals surface area contributed by atoms with Crippen LogP contribution in [0.25, 0.3) is 0 Å². The lowest BCUT2D eigenvalue weighted by molar-refractivity contribution is 0.713. The lowest BCUT2D eigenvalue weighted by atomic mass is 10.2. The third kappa shape index (κ3) is 8.83. The highest BCUT2D eigenvalue weighted by molar-refractivity contribution is 9.09. The highest BCUT2D eigenvalue weighted by Gasteiger charge is 1.88. The normalized spacial score (nSPS) is 10.2. The molecule has 0 radical (unpaired) electrons. The Kier molecular flexibility index (Phi) is 10.6. The second kappa shape index (κ2) is 9.83. The Morgan fingerprint density at radius 2 is 1.80 bits per heavy atom. The molecule has 0 aromatic heterocycles. The van der Waals surface area contributed by atoms with Gasteiger partial charge in [-0.15, -0.1) is 0 Å². The van der Waals surface area contributed by atoms with Crippen LogP contribution >= 0.6 is 27.7 Å². The monoisotopic (exact) mass is 224 g/mol. The summed E-state index contributed by atoms with van der Waals surface area (Å²) in [7, 11) is 0. The van der Waals surface area contributed by atoms with Gasteiger partial charge in [0.2, 0.25) is 0 Å². The standard InChI is InChI=1S/C8H17BrS/c1-2-10-8-6-4-3-5-7-9/h2-8H2,1H3. The number of rotatable bonds is 7. The summed E-state index contributed by atoms with van der Waals surface area (Å²) in [5.74, 6) is 2.64. The topological polar surface area (TPSA) is 0 Å². The summed E-state index contributed by atoms with van der Waals surface area (Å²) in [5.41, 5.74) is 0. The molecule has 0 atom stereocenters. The minimum absolute atomic E-state index is 1.17. The maximum atomic E-state index is 3.43. The number of hydrogen-bond acceptors (Lipinski definition) is 1. The van der Waals surface area contributed by atoms with Crippen molar-refractivity contribution in [3.63, 3.8) is 0 Å². The summed E-state index contributed by atoms with van der Waals surface area (Å²) in [6, 6.07) is 0. The Bertz CT molecular complexity index is 49.2. The first kappa shape index (κ1) is 10.8. The molecular weight excluding hydrogens is 208 g/mol. The van der Waals surface area contributed by atoms with E-state index in [1.54, 1.807) is 0 Å². The minimum Gasteiger partial charge on any atom is -0.162 e. The van der Waals surface area contributed by atoms with E-state index in [2.05, 4.69) is 34.6 Å². The Morgan fingerprint density at radius 3 is 2.40 bits per heavy atom. The maximum Gasteiger partial charge on any atom is 0.00313 e. The fraction of sp³-hybridized carbons (Fsp3) is 1.00. The molecule has 0 aliphatic heterocycles. The van der Waals surface area contributed by atoms with E-state index in [-0.39, 0.29) is 0 Å². The molecule has 0 spiro atoms. The third-order valence-corrected chi connectivity index (χ3v) is 2.92. The van der Waals surface area contributed by atoms with Crippen LogP contribution in [0.1, 0.15) is 32.6 Å². The van der Waals surface area contributed by atoms with E-state index in [1.807, 2.05) is 0 Å². The van der Waals surface area contributed by atoms with Gasteiger partial charge in [0.15, 0.2) is 0 Å². The highest BCUT2D eigenvalue weighted by atomic mass is 79.9. The third-order valence-electron chi connectivity index (χ3n) is 1.38. The van der Waals surface area contributed by atoms with Crippen molar-refractivity contribution in [3.8, 4) is 0 Å². The molecule has 0 aromatic rings. The van der Waals surface area contributed by atoms with E-state index in [9.17, 15) is 0 Å². The first-order valence-electron chi connectivity index (χ1n) is 4.05. The molecule has 0 nitrogen and oxygen atoms in total. The lowest BCUT2D eigenvalue weighted by Crippen LogP contribution is -1.82. The zero-order valence-corrected chi connectivity index (χ0v) is 9.14. The predicted molar refractivity (Wildman–Crippen MR) is 55.3 cm³/mol. The van der Waals surface area contributed by atoms with Gasteiger partial charge < -0.3 is 0 Å². The molecule has 0 aliphatic carbocycles. The average molecular weight is 225 g/mol. The van der Waals surface area contributed by atoms with Crippen molar-refractivity contribution < 1.29 is 0 Å². The van der Waals surface area contributed by atoms with Gasteiger partial charge in [0.1, 0.15) is 0 Å². The number of halogens is 1. The quantitative estimate of drug-likeness (QED) is 0.470. The van der Waals surface area contributed by atoms with Crippen LogP contribution in [-0.4, -0.2) is 16.8 Å². The van der Waals surface area contributed by atoms with E-state index in [0.29, 0.717) is 0 Å². The summed E-state index contributed by atoms with van der Waals surface area (Å²) in [5, 5.41) is 1.17. The molecule has 62 valence electrons. The number of hydrogen-bond donors (Lipinski definition) is 0. The van der Waals surface area contributed by atoms with Crippen LogP contribution in [0.5, 0.6) is 0 Å². The fourth-order valence-corrected chi connectivity index (χ4v) is 1.89. The number of unbranched alkanes of at least 4 members (excludes halogenated alkanes) is 3. The average Bonchev–Trinajstić information content (AvgIpc) is 1.97. The summed E-state index contributed by atoms with van der Waals surface area (Å²) >= 11 is 5.48. The van der Waals surface area contributed by atoms with Crippen molar-refractivity contribution in [3.05, 3.63) is 0 Å². The van der Waals surface area contributed by atoms with Crippen LogP contribution in [0.15, 0.2) is 0 Å². The largest absolute Gasteiger partial charge is 0.162 e. The van der Waals surface area contributed by atoms with Crippen molar-refractivity contribution in [1.29, 1.82) is 0 Å². The highest BCUT2D eigenvalue weighted by Crippen LogP contribution is 2.07. The Labute approximate surface area is 77.3 Å².